The number of likely N-dealkylation sites (N-methyl/N-ethyl adjacent to an activating group) is 1. The molecule has 4 heteroatoms. The van der Waals surface area contributed by atoms with Crippen LogP contribution >= 0.6 is 0 Å². The van der Waals surface area contributed by atoms with Crippen LogP contribution in [0.1, 0.15) is 6.42 Å². The highest BCUT2D eigenvalue weighted by Crippen LogP contribution is 2.10. The number of hydrogen-bond donors (Lipinski definition) is 1. The van der Waals surface area contributed by atoms with E-state index in [9.17, 15) is 4.79 Å². The van der Waals surface area contributed by atoms with Crippen molar-refractivity contribution in [2.75, 3.05) is 46.3 Å². The summed E-state index contributed by atoms with van der Waals surface area (Å²) in [6.07, 6.45) is 1.24. The third-order valence-corrected chi connectivity index (χ3v) is 3.26. The van der Waals surface area contributed by atoms with E-state index in [0.717, 1.165) is 25.6 Å². The highest BCUT2D eigenvalue weighted by molar-refractivity contribution is 5.78. The molecule has 0 aromatic heterocycles. The van der Waals surface area contributed by atoms with Gasteiger partial charge in [0.2, 0.25) is 5.91 Å². The average molecular weight is 197 g/mol. The first kappa shape index (κ1) is 9.93. The van der Waals surface area contributed by atoms with Gasteiger partial charge < -0.3 is 10.2 Å². The SMILES string of the molecule is CN1CCN(CCC2CNC2)CC1=O. The van der Waals surface area contributed by atoms with Crippen molar-refractivity contribution in [1.82, 2.24) is 15.1 Å². The van der Waals surface area contributed by atoms with Crippen molar-refractivity contribution in [2.24, 2.45) is 5.92 Å². The number of nitrogens with one attached hydrogen (secondary N) is 1. The first-order valence-electron chi connectivity index (χ1n) is 5.43. The fraction of sp³-hybridized carbons (Fsp3) is 0.900. The number of amides is 1. The van der Waals surface area contributed by atoms with Crippen LogP contribution in [-0.4, -0.2) is 62.0 Å². The second-order valence-corrected chi connectivity index (χ2v) is 4.40. The van der Waals surface area contributed by atoms with Gasteiger partial charge in [0.25, 0.3) is 0 Å². The third-order valence-electron chi connectivity index (χ3n) is 3.26. The molecule has 1 amide bonds. The molecule has 80 valence electrons. The molecule has 2 rings (SSSR count). The Balaban J connectivity index is 1.68. The zero-order chi connectivity index (χ0) is 9.97. The van der Waals surface area contributed by atoms with Gasteiger partial charge in [-0.1, -0.05) is 0 Å². The van der Waals surface area contributed by atoms with E-state index in [1.54, 1.807) is 0 Å². The van der Waals surface area contributed by atoms with Crippen molar-refractivity contribution in [3.63, 3.8) is 0 Å². The zero-order valence-electron chi connectivity index (χ0n) is 8.83. The number of carbonyl (C=O) groups is 1. The van der Waals surface area contributed by atoms with Crippen molar-refractivity contribution in [3.8, 4) is 0 Å². The maximum atomic E-state index is 11.4. The molecule has 2 saturated heterocycles. The molecule has 0 unspecified atom stereocenters. The van der Waals surface area contributed by atoms with Crippen molar-refractivity contribution in [2.45, 2.75) is 6.42 Å². The van der Waals surface area contributed by atoms with E-state index in [1.807, 2.05) is 11.9 Å². The molecule has 2 aliphatic heterocycles. The molecule has 2 heterocycles. The third kappa shape index (κ3) is 2.25. The van der Waals surface area contributed by atoms with Crippen LogP contribution in [0, 0.1) is 5.92 Å². The standard InChI is InChI=1S/C10H19N3O/c1-12-4-5-13(8-10(12)14)3-2-9-6-11-7-9/h9,11H,2-8H2,1H3. The Labute approximate surface area is 85.2 Å². The Hall–Kier alpha value is -0.610. The molecule has 14 heavy (non-hydrogen) atoms. The van der Waals surface area contributed by atoms with Gasteiger partial charge in [-0.25, -0.2) is 0 Å². The first-order valence-corrected chi connectivity index (χ1v) is 5.43. The average Bonchev–Trinajstić information content (AvgIpc) is 2.08. The summed E-state index contributed by atoms with van der Waals surface area (Å²) in [4.78, 5) is 15.5. The van der Waals surface area contributed by atoms with Gasteiger partial charge in [-0.3, -0.25) is 9.69 Å². The summed E-state index contributed by atoms with van der Waals surface area (Å²) in [5, 5.41) is 3.27. The normalized spacial score (nSPS) is 25.2. The number of rotatable bonds is 3. The minimum absolute atomic E-state index is 0.267. The summed E-state index contributed by atoms with van der Waals surface area (Å²) in [5.41, 5.74) is 0. The van der Waals surface area contributed by atoms with Gasteiger partial charge >= 0.3 is 0 Å². The van der Waals surface area contributed by atoms with E-state index < -0.39 is 0 Å². The molecule has 0 bridgehead atoms. The summed E-state index contributed by atoms with van der Waals surface area (Å²) < 4.78 is 0. The molecule has 4 nitrogen and oxygen atoms in total. The first-order chi connectivity index (χ1) is 6.75. The summed E-state index contributed by atoms with van der Waals surface area (Å²) >= 11 is 0. The highest BCUT2D eigenvalue weighted by Gasteiger charge is 2.23. The monoisotopic (exact) mass is 197 g/mol. The summed E-state index contributed by atoms with van der Waals surface area (Å²) in [6.45, 7) is 5.98. The maximum Gasteiger partial charge on any atom is 0.236 e. The molecule has 2 aliphatic rings. The summed E-state index contributed by atoms with van der Waals surface area (Å²) in [5.74, 6) is 1.12. The van der Waals surface area contributed by atoms with Crippen LogP contribution < -0.4 is 5.32 Å². The molecule has 0 spiro atoms. The minimum Gasteiger partial charge on any atom is -0.343 e. The van der Waals surface area contributed by atoms with Gasteiger partial charge in [-0.2, -0.15) is 0 Å². The Kier molecular flexibility index (Phi) is 3.03. The lowest BCUT2D eigenvalue weighted by molar-refractivity contribution is -0.134. The summed E-state index contributed by atoms with van der Waals surface area (Å²) in [7, 11) is 1.88. The van der Waals surface area contributed by atoms with E-state index in [2.05, 4.69) is 10.2 Å². The van der Waals surface area contributed by atoms with Crippen LogP contribution in [0.15, 0.2) is 0 Å². The quantitative estimate of drug-likeness (QED) is 0.654. The molecule has 0 aromatic rings. The fourth-order valence-corrected chi connectivity index (χ4v) is 1.92. The van der Waals surface area contributed by atoms with Crippen molar-refractivity contribution in [3.05, 3.63) is 0 Å². The van der Waals surface area contributed by atoms with Gasteiger partial charge in [-0.05, 0) is 32.0 Å². The van der Waals surface area contributed by atoms with E-state index in [0.29, 0.717) is 6.54 Å². The lowest BCUT2D eigenvalue weighted by Gasteiger charge is -2.34. The van der Waals surface area contributed by atoms with Crippen LogP contribution in [0.25, 0.3) is 0 Å². The Morgan fingerprint density at radius 2 is 2.21 bits per heavy atom. The fourth-order valence-electron chi connectivity index (χ4n) is 1.92. The van der Waals surface area contributed by atoms with E-state index in [1.165, 1.54) is 19.5 Å². The predicted octanol–water partition coefficient (Wildman–Crippen LogP) is -0.630. The van der Waals surface area contributed by atoms with Gasteiger partial charge in [0, 0.05) is 20.1 Å². The number of hydrogen-bond acceptors (Lipinski definition) is 3. The van der Waals surface area contributed by atoms with E-state index in [4.69, 9.17) is 0 Å². The molecule has 0 atom stereocenters. The molecular weight excluding hydrogens is 178 g/mol. The van der Waals surface area contributed by atoms with Gasteiger partial charge in [0.05, 0.1) is 6.54 Å². The number of carbonyl (C=O) groups excluding carboxylic acids is 1. The lowest BCUT2D eigenvalue weighted by atomic mass is 9.99. The van der Waals surface area contributed by atoms with Crippen LogP contribution in [0.2, 0.25) is 0 Å². The van der Waals surface area contributed by atoms with E-state index in [-0.39, 0.29) is 5.91 Å². The second kappa shape index (κ2) is 4.28. The van der Waals surface area contributed by atoms with E-state index >= 15 is 0 Å². The molecule has 0 saturated carbocycles. The van der Waals surface area contributed by atoms with Crippen LogP contribution in [0.4, 0.5) is 0 Å². The molecule has 1 N–H and O–H groups in total. The maximum absolute atomic E-state index is 11.4. The topological polar surface area (TPSA) is 35.6 Å². The number of nitrogens with zero attached hydrogens (tertiary/aromatic N) is 2. The van der Waals surface area contributed by atoms with Crippen molar-refractivity contribution < 1.29 is 4.79 Å². The summed E-state index contributed by atoms with van der Waals surface area (Å²) in [6, 6.07) is 0. The molecule has 0 aliphatic carbocycles. The minimum atomic E-state index is 0.267. The Bertz CT molecular complexity index is 215. The molecule has 0 aromatic carbocycles. The van der Waals surface area contributed by atoms with Gasteiger partial charge in [0.15, 0.2) is 0 Å². The van der Waals surface area contributed by atoms with Crippen LogP contribution in [0.5, 0.6) is 0 Å². The van der Waals surface area contributed by atoms with Gasteiger partial charge in [0.1, 0.15) is 0 Å². The largest absolute Gasteiger partial charge is 0.343 e. The predicted molar refractivity (Wildman–Crippen MR) is 55.1 cm³/mol. The molecule has 0 radical (unpaired) electrons. The van der Waals surface area contributed by atoms with Crippen LogP contribution in [0.3, 0.4) is 0 Å². The smallest absolute Gasteiger partial charge is 0.236 e. The molecular formula is C10H19N3O. The number of piperazine rings is 1. The van der Waals surface area contributed by atoms with Gasteiger partial charge in [-0.15, -0.1) is 0 Å². The zero-order valence-corrected chi connectivity index (χ0v) is 8.83. The van der Waals surface area contributed by atoms with Crippen molar-refractivity contribution in [1.29, 1.82) is 0 Å². The Morgan fingerprint density at radius 1 is 1.43 bits per heavy atom. The lowest BCUT2D eigenvalue weighted by Crippen LogP contribution is -2.50. The van der Waals surface area contributed by atoms with Crippen molar-refractivity contribution >= 4 is 5.91 Å². The Morgan fingerprint density at radius 3 is 2.79 bits per heavy atom. The highest BCUT2D eigenvalue weighted by atomic mass is 16.2. The molecule has 2 fully saturated rings. The van der Waals surface area contributed by atoms with Crippen LogP contribution in [-0.2, 0) is 4.79 Å². The second-order valence-electron chi connectivity index (χ2n) is 4.40.